The molecule has 1 heterocycles. The molecule has 1 fully saturated rings. The normalized spacial score (nSPS) is 25.6. The molecule has 0 aliphatic heterocycles. The van der Waals surface area contributed by atoms with Gasteiger partial charge in [0.2, 0.25) is 0 Å². The van der Waals surface area contributed by atoms with Crippen LogP contribution in [0.2, 0.25) is 0 Å². The molecule has 0 bridgehead atoms. The van der Waals surface area contributed by atoms with Crippen molar-refractivity contribution < 1.29 is 0 Å². The Morgan fingerprint density at radius 1 is 1.38 bits per heavy atom. The van der Waals surface area contributed by atoms with Crippen molar-refractivity contribution in [2.75, 3.05) is 5.73 Å². The van der Waals surface area contributed by atoms with Gasteiger partial charge in [0.15, 0.2) is 0 Å². The second-order valence-electron chi connectivity index (χ2n) is 5.06. The van der Waals surface area contributed by atoms with Crippen molar-refractivity contribution >= 4 is 5.82 Å². The molecule has 2 rings (SSSR count). The molecule has 2 N–H and O–H groups in total. The average Bonchev–Trinajstić information content (AvgIpc) is 2.32. The van der Waals surface area contributed by atoms with Crippen LogP contribution >= 0.6 is 0 Å². The Bertz CT molecular complexity index is 335. The van der Waals surface area contributed by atoms with Crippen LogP contribution in [0.3, 0.4) is 0 Å². The molecule has 1 aromatic rings. The Kier molecular flexibility index (Phi) is 3.81. The number of aromatic nitrogens is 1. The molecule has 0 amide bonds. The van der Waals surface area contributed by atoms with Gasteiger partial charge in [-0.15, -0.1) is 0 Å². The number of nitrogens with two attached hydrogens (primary N) is 1. The van der Waals surface area contributed by atoms with Gasteiger partial charge in [-0.3, -0.25) is 0 Å². The van der Waals surface area contributed by atoms with Gasteiger partial charge in [0.05, 0.1) is 0 Å². The number of rotatable bonds is 3. The van der Waals surface area contributed by atoms with Crippen LogP contribution in [-0.2, 0) is 6.42 Å². The van der Waals surface area contributed by atoms with Gasteiger partial charge < -0.3 is 5.73 Å². The lowest BCUT2D eigenvalue weighted by Crippen LogP contribution is -2.17. The van der Waals surface area contributed by atoms with E-state index in [0.29, 0.717) is 0 Å². The molecule has 0 radical (unpaired) electrons. The summed E-state index contributed by atoms with van der Waals surface area (Å²) in [7, 11) is 0. The molecule has 2 unspecified atom stereocenters. The molecule has 1 saturated carbocycles. The van der Waals surface area contributed by atoms with Crippen LogP contribution < -0.4 is 5.73 Å². The summed E-state index contributed by atoms with van der Waals surface area (Å²) >= 11 is 0. The summed E-state index contributed by atoms with van der Waals surface area (Å²) in [5.41, 5.74) is 7.13. The van der Waals surface area contributed by atoms with Gasteiger partial charge >= 0.3 is 0 Å². The van der Waals surface area contributed by atoms with Gasteiger partial charge in [0.25, 0.3) is 0 Å². The fourth-order valence-electron chi connectivity index (χ4n) is 2.89. The van der Waals surface area contributed by atoms with Gasteiger partial charge in [-0.1, -0.05) is 38.7 Å². The molecule has 2 heteroatoms. The number of nitrogens with zero attached hydrogens (tertiary/aromatic N) is 1. The molecule has 16 heavy (non-hydrogen) atoms. The number of anilines is 1. The highest BCUT2D eigenvalue weighted by Crippen LogP contribution is 2.33. The van der Waals surface area contributed by atoms with Crippen LogP contribution in [0.15, 0.2) is 18.3 Å². The van der Waals surface area contributed by atoms with Crippen LogP contribution in [0.5, 0.6) is 0 Å². The van der Waals surface area contributed by atoms with Crippen molar-refractivity contribution in [3.05, 3.63) is 23.9 Å². The Morgan fingerprint density at radius 3 is 2.94 bits per heavy atom. The van der Waals surface area contributed by atoms with E-state index in [-0.39, 0.29) is 0 Å². The molecule has 1 aliphatic rings. The van der Waals surface area contributed by atoms with E-state index in [2.05, 4.69) is 18.0 Å². The largest absolute Gasteiger partial charge is 0.383 e. The Hall–Kier alpha value is -1.05. The number of hydrogen-bond acceptors (Lipinski definition) is 2. The van der Waals surface area contributed by atoms with E-state index in [1.54, 1.807) is 6.20 Å². The van der Waals surface area contributed by atoms with Crippen molar-refractivity contribution in [1.82, 2.24) is 4.98 Å². The maximum absolute atomic E-state index is 5.89. The topological polar surface area (TPSA) is 38.9 Å². The van der Waals surface area contributed by atoms with Crippen LogP contribution in [0.1, 0.15) is 44.6 Å². The first-order chi connectivity index (χ1) is 7.79. The van der Waals surface area contributed by atoms with E-state index in [1.165, 1.54) is 37.7 Å². The Labute approximate surface area is 98.3 Å². The zero-order chi connectivity index (χ0) is 11.4. The van der Waals surface area contributed by atoms with Crippen LogP contribution in [0.25, 0.3) is 0 Å². The van der Waals surface area contributed by atoms with Crippen molar-refractivity contribution in [1.29, 1.82) is 0 Å². The zero-order valence-electron chi connectivity index (χ0n) is 10.2. The second kappa shape index (κ2) is 5.33. The second-order valence-corrected chi connectivity index (χ2v) is 5.06. The molecule has 1 aromatic heterocycles. The van der Waals surface area contributed by atoms with Gasteiger partial charge in [-0.2, -0.15) is 0 Å². The number of pyridine rings is 1. The molecule has 2 atom stereocenters. The van der Waals surface area contributed by atoms with E-state index < -0.39 is 0 Å². The standard InChI is InChI=1S/C14H22N2/c1-2-11-5-3-6-12(9-11)10-13-7-4-8-16-14(13)15/h4,7-8,11-12H,2-3,5-6,9-10H2,1H3,(H2,15,16). The minimum Gasteiger partial charge on any atom is -0.383 e. The third-order valence-electron chi connectivity index (χ3n) is 3.90. The highest BCUT2D eigenvalue weighted by molar-refractivity contribution is 5.38. The third-order valence-corrected chi connectivity index (χ3v) is 3.90. The molecule has 88 valence electrons. The predicted molar refractivity (Wildman–Crippen MR) is 68.1 cm³/mol. The predicted octanol–water partition coefficient (Wildman–Crippen LogP) is 3.42. The van der Waals surface area contributed by atoms with Crippen molar-refractivity contribution in [2.24, 2.45) is 11.8 Å². The first-order valence-corrected chi connectivity index (χ1v) is 6.49. The summed E-state index contributed by atoms with van der Waals surface area (Å²) in [6.07, 6.45) is 9.79. The van der Waals surface area contributed by atoms with Gasteiger partial charge in [0.1, 0.15) is 5.82 Å². The quantitative estimate of drug-likeness (QED) is 0.844. The Morgan fingerprint density at radius 2 is 2.19 bits per heavy atom. The van der Waals surface area contributed by atoms with Gasteiger partial charge in [0, 0.05) is 6.20 Å². The minimum atomic E-state index is 0.723. The summed E-state index contributed by atoms with van der Waals surface area (Å²) in [6.45, 7) is 2.31. The maximum atomic E-state index is 5.89. The molecule has 2 nitrogen and oxygen atoms in total. The van der Waals surface area contributed by atoms with Gasteiger partial charge in [-0.05, 0) is 36.3 Å². The Balaban J connectivity index is 1.97. The van der Waals surface area contributed by atoms with E-state index in [1.807, 2.05) is 6.07 Å². The third kappa shape index (κ3) is 2.75. The monoisotopic (exact) mass is 218 g/mol. The van der Waals surface area contributed by atoms with Crippen molar-refractivity contribution in [2.45, 2.75) is 45.4 Å². The van der Waals surface area contributed by atoms with E-state index in [0.717, 1.165) is 24.1 Å². The molecule has 0 aromatic carbocycles. The van der Waals surface area contributed by atoms with E-state index in [9.17, 15) is 0 Å². The van der Waals surface area contributed by atoms with E-state index in [4.69, 9.17) is 5.73 Å². The molecule has 0 saturated heterocycles. The highest BCUT2D eigenvalue weighted by atomic mass is 14.8. The van der Waals surface area contributed by atoms with Gasteiger partial charge in [-0.25, -0.2) is 4.98 Å². The smallest absolute Gasteiger partial charge is 0.126 e. The minimum absolute atomic E-state index is 0.723. The summed E-state index contributed by atoms with van der Waals surface area (Å²) in [5.74, 6) is 2.49. The molecule has 1 aliphatic carbocycles. The molecular weight excluding hydrogens is 196 g/mol. The summed E-state index contributed by atoms with van der Waals surface area (Å²) in [5, 5.41) is 0. The lowest BCUT2D eigenvalue weighted by atomic mass is 9.78. The molecular formula is C14H22N2. The summed E-state index contributed by atoms with van der Waals surface area (Å²) in [4.78, 5) is 4.16. The maximum Gasteiger partial charge on any atom is 0.126 e. The summed E-state index contributed by atoms with van der Waals surface area (Å²) < 4.78 is 0. The fraction of sp³-hybridized carbons (Fsp3) is 0.643. The zero-order valence-corrected chi connectivity index (χ0v) is 10.2. The molecule has 0 spiro atoms. The highest BCUT2D eigenvalue weighted by Gasteiger charge is 2.21. The fourth-order valence-corrected chi connectivity index (χ4v) is 2.89. The van der Waals surface area contributed by atoms with E-state index >= 15 is 0 Å². The first kappa shape index (κ1) is 11.4. The van der Waals surface area contributed by atoms with Crippen LogP contribution in [-0.4, -0.2) is 4.98 Å². The first-order valence-electron chi connectivity index (χ1n) is 6.49. The lowest BCUT2D eigenvalue weighted by molar-refractivity contribution is 0.260. The average molecular weight is 218 g/mol. The number of hydrogen-bond donors (Lipinski definition) is 1. The lowest BCUT2D eigenvalue weighted by Gasteiger charge is -2.28. The van der Waals surface area contributed by atoms with Crippen LogP contribution in [0, 0.1) is 11.8 Å². The van der Waals surface area contributed by atoms with Crippen molar-refractivity contribution in [3.63, 3.8) is 0 Å². The summed E-state index contributed by atoms with van der Waals surface area (Å²) in [6, 6.07) is 4.11. The van der Waals surface area contributed by atoms with Crippen LogP contribution in [0.4, 0.5) is 5.82 Å². The van der Waals surface area contributed by atoms with Crippen molar-refractivity contribution in [3.8, 4) is 0 Å². The number of nitrogen functional groups attached to an aromatic ring is 1. The SMILES string of the molecule is CCC1CCCC(Cc2cccnc2N)C1.